The Morgan fingerprint density at radius 3 is 2.76 bits per heavy atom. The molecular weight excluding hydrogens is 365 g/mol. The van der Waals surface area contributed by atoms with E-state index >= 15 is 0 Å². The summed E-state index contributed by atoms with van der Waals surface area (Å²) in [5.41, 5.74) is 6.62. The number of carbonyl (C=O) groups excluding carboxylic acids is 2. The fourth-order valence-corrected chi connectivity index (χ4v) is 3.07. The zero-order valence-corrected chi connectivity index (χ0v) is 16.0. The van der Waals surface area contributed by atoms with Crippen molar-refractivity contribution >= 4 is 41.5 Å². The van der Waals surface area contributed by atoms with Crippen LogP contribution in [0.4, 0.5) is 5.69 Å². The Morgan fingerprint density at radius 2 is 2.16 bits per heavy atom. The van der Waals surface area contributed by atoms with Gasteiger partial charge in [0.25, 0.3) is 5.91 Å². The van der Waals surface area contributed by atoms with Crippen molar-refractivity contribution < 1.29 is 14.3 Å². The SMILES string of the molecule is COCC(N)C(=O)Nc1ccc(C(=O)N2CCCCC2C)c(Cl)c1.Cl. The summed E-state index contributed by atoms with van der Waals surface area (Å²) >= 11 is 6.26. The van der Waals surface area contributed by atoms with Gasteiger partial charge in [-0.05, 0) is 44.4 Å². The minimum absolute atomic E-state index is 0. The van der Waals surface area contributed by atoms with Crippen molar-refractivity contribution in [2.75, 3.05) is 25.6 Å². The van der Waals surface area contributed by atoms with Gasteiger partial charge in [0, 0.05) is 25.4 Å². The van der Waals surface area contributed by atoms with Crippen LogP contribution in [-0.2, 0) is 9.53 Å². The molecule has 8 heteroatoms. The molecule has 1 heterocycles. The van der Waals surface area contributed by atoms with Crippen molar-refractivity contribution in [3.05, 3.63) is 28.8 Å². The van der Waals surface area contributed by atoms with E-state index in [1.54, 1.807) is 18.2 Å². The second kappa shape index (κ2) is 9.97. The number of methoxy groups -OCH3 is 1. The summed E-state index contributed by atoms with van der Waals surface area (Å²) in [6.45, 7) is 2.93. The summed E-state index contributed by atoms with van der Waals surface area (Å²) in [7, 11) is 1.48. The number of halogens is 2. The lowest BCUT2D eigenvalue weighted by Crippen LogP contribution is -2.42. The lowest BCUT2D eigenvalue weighted by molar-refractivity contribution is -0.118. The predicted octanol–water partition coefficient (Wildman–Crippen LogP) is 2.69. The maximum Gasteiger partial charge on any atom is 0.255 e. The maximum atomic E-state index is 12.7. The number of likely N-dealkylation sites (tertiary alicyclic amines) is 1. The minimum Gasteiger partial charge on any atom is -0.383 e. The highest BCUT2D eigenvalue weighted by atomic mass is 35.5. The molecule has 0 aromatic heterocycles. The number of carbonyl (C=O) groups is 2. The monoisotopic (exact) mass is 389 g/mol. The molecular formula is C17H25Cl2N3O3. The van der Waals surface area contributed by atoms with Gasteiger partial charge in [-0.15, -0.1) is 12.4 Å². The van der Waals surface area contributed by atoms with Gasteiger partial charge < -0.3 is 20.7 Å². The van der Waals surface area contributed by atoms with Crippen LogP contribution >= 0.6 is 24.0 Å². The molecule has 2 rings (SSSR count). The van der Waals surface area contributed by atoms with Crippen molar-refractivity contribution in [1.82, 2.24) is 4.90 Å². The van der Waals surface area contributed by atoms with E-state index in [0.717, 1.165) is 25.8 Å². The van der Waals surface area contributed by atoms with Crippen molar-refractivity contribution in [1.29, 1.82) is 0 Å². The number of nitrogens with one attached hydrogen (secondary N) is 1. The normalized spacial score (nSPS) is 18.2. The van der Waals surface area contributed by atoms with E-state index in [0.29, 0.717) is 16.3 Å². The molecule has 1 aromatic carbocycles. The van der Waals surface area contributed by atoms with E-state index in [1.807, 2.05) is 4.90 Å². The fourth-order valence-electron chi connectivity index (χ4n) is 2.81. The van der Waals surface area contributed by atoms with Gasteiger partial charge in [0.05, 0.1) is 17.2 Å². The number of rotatable bonds is 5. The van der Waals surface area contributed by atoms with Crippen LogP contribution < -0.4 is 11.1 Å². The molecule has 2 amide bonds. The van der Waals surface area contributed by atoms with Crippen LogP contribution in [-0.4, -0.2) is 49.1 Å². The van der Waals surface area contributed by atoms with Gasteiger partial charge in [0.1, 0.15) is 6.04 Å². The number of ether oxygens (including phenoxy) is 1. The Labute approximate surface area is 159 Å². The third kappa shape index (κ3) is 5.57. The quantitative estimate of drug-likeness (QED) is 0.810. The van der Waals surface area contributed by atoms with Crippen molar-refractivity contribution in [2.24, 2.45) is 5.73 Å². The van der Waals surface area contributed by atoms with Crippen LogP contribution in [0.5, 0.6) is 0 Å². The predicted molar refractivity (Wildman–Crippen MR) is 102 cm³/mol. The van der Waals surface area contributed by atoms with E-state index in [4.69, 9.17) is 22.1 Å². The highest BCUT2D eigenvalue weighted by Crippen LogP contribution is 2.25. The molecule has 2 unspecified atom stereocenters. The average Bonchev–Trinajstić information content (AvgIpc) is 2.55. The van der Waals surface area contributed by atoms with E-state index in [1.165, 1.54) is 7.11 Å². The topological polar surface area (TPSA) is 84.7 Å². The Bertz CT molecular complexity index is 613. The number of piperidine rings is 1. The van der Waals surface area contributed by atoms with Crippen molar-refractivity contribution in [3.8, 4) is 0 Å². The standard InChI is InChI=1S/C17H24ClN3O3.ClH/c1-11-5-3-4-8-21(11)17(23)13-7-6-12(9-14(13)18)20-16(22)15(19)10-24-2;/h6-7,9,11,15H,3-5,8,10,19H2,1-2H3,(H,20,22);1H. The van der Waals surface area contributed by atoms with Gasteiger partial charge in [-0.25, -0.2) is 0 Å². The van der Waals surface area contributed by atoms with Gasteiger partial charge in [-0.3, -0.25) is 9.59 Å². The molecule has 1 aliphatic rings. The first-order chi connectivity index (χ1) is 11.4. The number of nitrogens with zero attached hydrogens (tertiary/aromatic N) is 1. The highest BCUT2D eigenvalue weighted by molar-refractivity contribution is 6.34. The fraction of sp³-hybridized carbons (Fsp3) is 0.529. The first kappa shape index (κ1) is 21.7. The molecule has 140 valence electrons. The van der Waals surface area contributed by atoms with E-state index in [9.17, 15) is 9.59 Å². The van der Waals surface area contributed by atoms with Gasteiger partial charge in [0.15, 0.2) is 0 Å². The number of anilines is 1. The van der Waals surface area contributed by atoms with Gasteiger partial charge in [-0.1, -0.05) is 11.6 Å². The lowest BCUT2D eigenvalue weighted by Gasteiger charge is -2.33. The average molecular weight is 390 g/mol. The molecule has 3 N–H and O–H groups in total. The van der Waals surface area contributed by atoms with Gasteiger partial charge >= 0.3 is 0 Å². The van der Waals surface area contributed by atoms with Gasteiger partial charge in [-0.2, -0.15) is 0 Å². The number of hydrogen-bond acceptors (Lipinski definition) is 4. The largest absolute Gasteiger partial charge is 0.383 e. The molecule has 25 heavy (non-hydrogen) atoms. The molecule has 0 saturated carbocycles. The van der Waals surface area contributed by atoms with Crippen LogP contribution in [0.15, 0.2) is 18.2 Å². The molecule has 2 atom stereocenters. The summed E-state index contributed by atoms with van der Waals surface area (Å²) in [5.74, 6) is -0.433. The maximum absolute atomic E-state index is 12.7. The summed E-state index contributed by atoms with van der Waals surface area (Å²) < 4.78 is 4.85. The summed E-state index contributed by atoms with van der Waals surface area (Å²) in [5, 5.41) is 2.98. The van der Waals surface area contributed by atoms with E-state index in [2.05, 4.69) is 12.2 Å². The van der Waals surface area contributed by atoms with Crippen molar-refractivity contribution in [2.45, 2.75) is 38.3 Å². The summed E-state index contributed by atoms with van der Waals surface area (Å²) in [4.78, 5) is 26.4. The first-order valence-electron chi connectivity index (χ1n) is 8.10. The molecule has 6 nitrogen and oxygen atoms in total. The van der Waals surface area contributed by atoms with Gasteiger partial charge in [0.2, 0.25) is 5.91 Å². The third-order valence-electron chi connectivity index (χ3n) is 4.21. The zero-order chi connectivity index (χ0) is 17.7. The van der Waals surface area contributed by atoms with Crippen LogP contribution in [0, 0.1) is 0 Å². The second-order valence-corrected chi connectivity index (χ2v) is 6.50. The number of amides is 2. The Kier molecular flexibility index (Phi) is 8.65. The molecule has 1 saturated heterocycles. The zero-order valence-electron chi connectivity index (χ0n) is 14.5. The molecule has 0 aliphatic carbocycles. The molecule has 1 aliphatic heterocycles. The highest BCUT2D eigenvalue weighted by Gasteiger charge is 2.25. The molecule has 0 bridgehead atoms. The van der Waals surface area contributed by atoms with Crippen LogP contribution in [0.3, 0.4) is 0 Å². The number of nitrogens with two attached hydrogens (primary N) is 1. The number of hydrogen-bond donors (Lipinski definition) is 2. The summed E-state index contributed by atoms with van der Waals surface area (Å²) in [6.07, 6.45) is 3.17. The van der Waals surface area contributed by atoms with Crippen LogP contribution in [0.1, 0.15) is 36.5 Å². The molecule has 1 fully saturated rings. The van der Waals surface area contributed by atoms with Crippen LogP contribution in [0.2, 0.25) is 5.02 Å². The smallest absolute Gasteiger partial charge is 0.255 e. The van der Waals surface area contributed by atoms with Crippen LogP contribution in [0.25, 0.3) is 0 Å². The Balaban J connectivity index is 0.00000312. The molecule has 0 radical (unpaired) electrons. The van der Waals surface area contributed by atoms with E-state index in [-0.39, 0.29) is 36.9 Å². The Morgan fingerprint density at radius 1 is 1.44 bits per heavy atom. The molecule has 1 aromatic rings. The summed E-state index contributed by atoms with van der Waals surface area (Å²) in [6, 6.07) is 4.33. The third-order valence-corrected chi connectivity index (χ3v) is 4.53. The molecule has 0 spiro atoms. The van der Waals surface area contributed by atoms with Crippen molar-refractivity contribution in [3.63, 3.8) is 0 Å². The first-order valence-corrected chi connectivity index (χ1v) is 8.47. The minimum atomic E-state index is -0.760. The van der Waals surface area contributed by atoms with E-state index < -0.39 is 6.04 Å². The lowest BCUT2D eigenvalue weighted by atomic mass is 10.0. The number of benzene rings is 1. The Hall–Kier alpha value is -1.34. The second-order valence-electron chi connectivity index (χ2n) is 6.09.